The van der Waals surface area contributed by atoms with Crippen molar-refractivity contribution in [2.24, 2.45) is 4.99 Å². The van der Waals surface area contributed by atoms with Crippen LogP contribution < -0.4 is 10.6 Å². The molecule has 10 heteroatoms. The Bertz CT molecular complexity index is 796. The Hall–Kier alpha value is -1.90. The van der Waals surface area contributed by atoms with E-state index in [1.54, 1.807) is 0 Å². The van der Waals surface area contributed by atoms with Gasteiger partial charge in [0.05, 0.1) is 27.0 Å². The molecule has 0 amide bonds. The lowest BCUT2D eigenvalue weighted by Crippen LogP contribution is -2.58. The van der Waals surface area contributed by atoms with Crippen molar-refractivity contribution in [3.63, 3.8) is 0 Å². The lowest BCUT2D eigenvalue weighted by atomic mass is 9.84. The van der Waals surface area contributed by atoms with Crippen LogP contribution in [-0.4, -0.2) is 57.0 Å². The molecule has 8 nitrogen and oxygen atoms in total. The molecular weight excluding hydrogens is 363 g/mol. The number of aliphatic imine (C=N–C) groups is 1. The Morgan fingerprint density at radius 3 is 2.60 bits per heavy atom. The third-order valence-electron chi connectivity index (χ3n) is 4.75. The van der Waals surface area contributed by atoms with E-state index in [2.05, 4.69) is 43.2 Å². The fraction of sp³-hybridized carbons (Fsp3) is 0.467. The van der Waals surface area contributed by atoms with E-state index in [-0.39, 0.29) is 5.54 Å². The minimum absolute atomic E-state index is 0.263. The molecule has 0 atom stereocenters. The molecule has 0 unspecified atom stereocenters. The molecule has 25 heavy (non-hydrogen) atoms. The van der Waals surface area contributed by atoms with E-state index >= 15 is 0 Å². The molecule has 4 rings (SSSR count). The van der Waals surface area contributed by atoms with Gasteiger partial charge in [0.25, 0.3) is 0 Å². The molecule has 132 valence electrons. The molecular formula is C15H18Cl2N8. The maximum absolute atomic E-state index is 6.20. The quantitative estimate of drug-likeness (QED) is 0.740. The Labute approximate surface area is 155 Å². The summed E-state index contributed by atoms with van der Waals surface area (Å²) >= 11 is 12.4. The topological polar surface area (TPSA) is 94.1 Å². The molecule has 0 aliphatic carbocycles. The van der Waals surface area contributed by atoms with Crippen LogP contribution in [0.5, 0.6) is 0 Å². The lowest BCUT2D eigenvalue weighted by Gasteiger charge is -2.46. The van der Waals surface area contributed by atoms with Crippen molar-refractivity contribution in [3.05, 3.63) is 28.0 Å². The highest BCUT2D eigenvalue weighted by Crippen LogP contribution is 2.40. The zero-order valence-corrected chi connectivity index (χ0v) is 15.2. The Morgan fingerprint density at radius 2 is 1.92 bits per heavy atom. The standard InChI is InChI=1S/C15H18Cl2N8/c1-25-4-2-15(3-5-25)14(18-8-13-21-23-24-22-13)19-11-6-9(16)10(17)7-12(11)20-15/h6-7,20H,2-5,8H2,1H3,(H,18,19)(H,21,22,23,24). The smallest absolute Gasteiger partial charge is 0.195 e. The molecule has 2 aliphatic rings. The number of nitrogens with zero attached hydrogens (tertiary/aromatic N) is 5. The van der Waals surface area contributed by atoms with E-state index in [4.69, 9.17) is 28.2 Å². The number of piperidine rings is 1. The molecule has 0 saturated carbocycles. The normalized spacial score (nSPS) is 21.0. The van der Waals surface area contributed by atoms with Crippen LogP contribution in [0.2, 0.25) is 10.0 Å². The fourth-order valence-electron chi connectivity index (χ4n) is 3.27. The zero-order chi connectivity index (χ0) is 17.4. The fourth-order valence-corrected chi connectivity index (χ4v) is 3.60. The number of aromatic nitrogens is 4. The first kappa shape index (κ1) is 16.6. The van der Waals surface area contributed by atoms with Crippen LogP contribution in [0.3, 0.4) is 0 Å². The van der Waals surface area contributed by atoms with Crippen LogP contribution in [0.1, 0.15) is 18.7 Å². The van der Waals surface area contributed by atoms with E-state index in [0.29, 0.717) is 22.4 Å². The predicted molar refractivity (Wildman–Crippen MR) is 98.5 cm³/mol. The zero-order valence-electron chi connectivity index (χ0n) is 13.7. The third kappa shape index (κ3) is 3.17. The van der Waals surface area contributed by atoms with Crippen LogP contribution in [0, 0.1) is 0 Å². The molecule has 1 aromatic heterocycles. The van der Waals surface area contributed by atoms with Crippen LogP contribution in [-0.2, 0) is 6.54 Å². The summed E-state index contributed by atoms with van der Waals surface area (Å²) in [5, 5.41) is 22.1. The summed E-state index contributed by atoms with van der Waals surface area (Å²) in [5.74, 6) is 1.42. The second kappa shape index (κ2) is 6.44. The van der Waals surface area contributed by atoms with E-state index in [1.807, 2.05) is 12.1 Å². The second-order valence-corrected chi connectivity index (χ2v) is 7.25. The molecule has 1 fully saturated rings. The number of H-pyrrole nitrogens is 1. The largest absolute Gasteiger partial charge is 0.371 e. The number of nitrogens with one attached hydrogen (secondary N) is 3. The van der Waals surface area contributed by atoms with Crippen molar-refractivity contribution in [1.29, 1.82) is 0 Å². The van der Waals surface area contributed by atoms with Crippen LogP contribution in [0.15, 0.2) is 17.1 Å². The summed E-state index contributed by atoms with van der Waals surface area (Å²) < 4.78 is 0. The number of likely N-dealkylation sites (tertiary alicyclic amines) is 1. The van der Waals surface area contributed by atoms with Gasteiger partial charge < -0.3 is 15.5 Å². The first-order valence-electron chi connectivity index (χ1n) is 8.06. The summed E-state index contributed by atoms with van der Waals surface area (Å²) in [4.78, 5) is 7.06. The molecule has 0 bridgehead atoms. The van der Waals surface area contributed by atoms with Gasteiger partial charge in [-0.05, 0) is 32.0 Å². The van der Waals surface area contributed by atoms with Crippen molar-refractivity contribution in [2.45, 2.75) is 24.9 Å². The summed E-state index contributed by atoms with van der Waals surface area (Å²) in [6, 6.07) is 3.68. The highest BCUT2D eigenvalue weighted by atomic mass is 35.5. The number of halogens is 2. The van der Waals surface area contributed by atoms with Crippen molar-refractivity contribution >= 4 is 40.4 Å². The molecule has 1 spiro atoms. The highest BCUT2D eigenvalue weighted by molar-refractivity contribution is 6.42. The number of amidine groups is 1. The first-order valence-corrected chi connectivity index (χ1v) is 8.81. The van der Waals surface area contributed by atoms with Crippen molar-refractivity contribution in [1.82, 2.24) is 25.5 Å². The lowest BCUT2D eigenvalue weighted by molar-refractivity contribution is 0.240. The number of aromatic amines is 1. The van der Waals surface area contributed by atoms with Gasteiger partial charge >= 0.3 is 0 Å². The number of anilines is 2. The van der Waals surface area contributed by atoms with E-state index in [0.717, 1.165) is 43.1 Å². The average Bonchev–Trinajstić information content (AvgIpc) is 3.11. The van der Waals surface area contributed by atoms with Gasteiger partial charge in [0.15, 0.2) is 5.82 Å². The monoisotopic (exact) mass is 380 g/mol. The molecule has 0 radical (unpaired) electrons. The SMILES string of the molecule is CN1CCC2(CC1)Nc1cc(Cl)c(Cl)cc1NC2=NCc1nn[nH]n1. The maximum atomic E-state index is 6.20. The van der Waals surface area contributed by atoms with Crippen molar-refractivity contribution in [3.8, 4) is 0 Å². The predicted octanol–water partition coefficient (Wildman–Crippen LogP) is 2.41. The van der Waals surface area contributed by atoms with Gasteiger partial charge in [-0.1, -0.05) is 28.4 Å². The van der Waals surface area contributed by atoms with Crippen molar-refractivity contribution < 1.29 is 0 Å². The number of fused-ring (bicyclic) bond motifs is 1. The molecule has 2 aromatic rings. The minimum atomic E-state index is -0.263. The molecule has 2 aliphatic heterocycles. The molecule has 3 heterocycles. The molecule has 1 saturated heterocycles. The second-order valence-electron chi connectivity index (χ2n) is 6.44. The number of hydrogen-bond donors (Lipinski definition) is 3. The highest BCUT2D eigenvalue weighted by Gasteiger charge is 2.42. The molecule has 1 aromatic carbocycles. The van der Waals surface area contributed by atoms with E-state index in [9.17, 15) is 0 Å². The Morgan fingerprint density at radius 1 is 1.20 bits per heavy atom. The summed E-state index contributed by atoms with van der Waals surface area (Å²) in [6.45, 7) is 2.31. The summed E-state index contributed by atoms with van der Waals surface area (Å²) in [7, 11) is 2.13. The van der Waals surface area contributed by atoms with Gasteiger partial charge in [0, 0.05) is 13.1 Å². The van der Waals surface area contributed by atoms with Gasteiger partial charge in [-0.2, -0.15) is 5.21 Å². The van der Waals surface area contributed by atoms with Crippen LogP contribution in [0.4, 0.5) is 11.4 Å². The number of rotatable bonds is 2. The van der Waals surface area contributed by atoms with Gasteiger partial charge in [0.2, 0.25) is 0 Å². The first-order chi connectivity index (χ1) is 12.1. The van der Waals surface area contributed by atoms with Crippen LogP contribution in [0.25, 0.3) is 0 Å². The number of tetrazole rings is 1. The summed E-state index contributed by atoms with van der Waals surface area (Å²) in [5.41, 5.74) is 1.55. The Balaban J connectivity index is 1.70. The summed E-state index contributed by atoms with van der Waals surface area (Å²) in [6.07, 6.45) is 1.86. The van der Waals surface area contributed by atoms with Gasteiger partial charge in [0.1, 0.15) is 12.4 Å². The van der Waals surface area contributed by atoms with E-state index in [1.165, 1.54) is 0 Å². The third-order valence-corrected chi connectivity index (χ3v) is 5.47. The molecule has 3 N–H and O–H groups in total. The Kier molecular flexibility index (Phi) is 4.26. The van der Waals surface area contributed by atoms with Crippen molar-refractivity contribution in [2.75, 3.05) is 30.8 Å². The van der Waals surface area contributed by atoms with Gasteiger partial charge in [-0.3, -0.25) is 4.99 Å². The number of benzene rings is 1. The average molecular weight is 381 g/mol. The number of hydrogen-bond acceptors (Lipinski definition) is 6. The van der Waals surface area contributed by atoms with Gasteiger partial charge in [-0.15, -0.1) is 10.2 Å². The maximum Gasteiger partial charge on any atom is 0.195 e. The van der Waals surface area contributed by atoms with E-state index < -0.39 is 0 Å². The minimum Gasteiger partial charge on any atom is -0.371 e. The van der Waals surface area contributed by atoms with Gasteiger partial charge in [-0.25, -0.2) is 0 Å². The van der Waals surface area contributed by atoms with Crippen LogP contribution >= 0.6 is 23.2 Å².